The maximum absolute atomic E-state index is 12.5. The SMILES string of the molecule is O=C(OCCNc1[nH+]cc(C(F)(F)F)cc1Cl)C1CCC1. The molecule has 0 saturated heterocycles. The molecule has 0 unspecified atom stereocenters. The fourth-order valence-electron chi connectivity index (χ4n) is 1.86. The molecule has 2 rings (SSSR count). The molecule has 0 aliphatic heterocycles. The van der Waals surface area contributed by atoms with Gasteiger partial charge in [-0.15, -0.1) is 0 Å². The van der Waals surface area contributed by atoms with Gasteiger partial charge in [-0.3, -0.25) is 10.1 Å². The summed E-state index contributed by atoms with van der Waals surface area (Å²) < 4.78 is 42.4. The van der Waals surface area contributed by atoms with Gasteiger partial charge < -0.3 is 4.74 Å². The van der Waals surface area contributed by atoms with Crippen molar-refractivity contribution in [3.8, 4) is 0 Å². The summed E-state index contributed by atoms with van der Waals surface area (Å²) in [6.45, 7) is 0.403. The van der Waals surface area contributed by atoms with Crippen molar-refractivity contribution >= 4 is 23.4 Å². The van der Waals surface area contributed by atoms with Crippen LogP contribution in [0.3, 0.4) is 0 Å². The number of anilines is 1. The van der Waals surface area contributed by atoms with Crippen LogP contribution in [0.25, 0.3) is 0 Å². The Labute approximate surface area is 124 Å². The van der Waals surface area contributed by atoms with E-state index < -0.39 is 11.7 Å². The van der Waals surface area contributed by atoms with Crippen molar-refractivity contribution in [2.75, 3.05) is 18.5 Å². The van der Waals surface area contributed by atoms with Crippen molar-refractivity contribution in [2.24, 2.45) is 5.92 Å². The summed E-state index contributed by atoms with van der Waals surface area (Å²) >= 11 is 5.76. The molecule has 0 atom stereocenters. The number of aromatic nitrogens is 1. The van der Waals surface area contributed by atoms with Gasteiger partial charge in [0.25, 0.3) is 5.82 Å². The molecular weight excluding hydrogens is 309 g/mol. The Hall–Kier alpha value is -1.50. The zero-order valence-corrected chi connectivity index (χ0v) is 11.9. The number of pyridine rings is 1. The lowest BCUT2D eigenvalue weighted by Crippen LogP contribution is -2.26. The van der Waals surface area contributed by atoms with Crippen LogP contribution in [0.15, 0.2) is 12.3 Å². The number of hydrogen-bond acceptors (Lipinski definition) is 3. The number of rotatable bonds is 5. The summed E-state index contributed by atoms with van der Waals surface area (Å²) in [6.07, 6.45) is -0.838. The van der Waals surface area contributed by atoms with E-state index in [9.17, 15) is 18.0 Å². The van der Waals surface area contributed by atoms with Crippen LogP contribution in [0.1, 0.15) is 24.8 Å². The molecule has 1 aliphatic rings. The van der Waals surface area contributed by atoms with Gasteiger partial charge in [0.15, 0.2) is 0 Å². The number of nitrogens with one attached hydrogen (secondary N) is 2. The Morgan fingerprint density at radius 2 is 2.19 bits per heavy atom. The van der Waals surface area contributed by atoms with Gasteiger partial charge in [-0.05, 0) is 18.9 Å². The second-order valence-electron chi connectivity index (χ2n) is 4.83. The van der Waals surface area contributed by atoms with Crippen molar-refractivity contribution in [3.05, 3.63) is 22.8 Å². The zero-order valence-electron chi connectivity index (χ0n) is 11.1. The molecule has 116 valence electrons. The first-order chi connectivity index (χ1) is 9.88. The molecule has 1 heterocycles. The number of ether oxygens (including phenoxy) is 1. The van der Waals surface area contributed by atoms with Crippen LogP contribution >= 0.6 is 11.6 Å². The molecule has 1 aromatic rings. The highest BCUT2D eigenvalue weighted by Crippen LogP contribution is 2.31. The predicted molar refractivity (Wildman–Crippen MR) is 69.8 cm³/mol. The van der Waals surface area contributed by atoms with Crippen molar-refractivity contribution in [1.29, 1.82) is 0 Å². The van der Waals surface area contributed by atoms with Crippen molar-refractivity contribution in [1.82, 2.24) is 0 Å². The first-order valence-electron chi connectivity index (χ1n) is 6.57. The Morgan fingerprint density at radius 1 is 1.48 bits per heavy atom. The molecule has 0 bridgehead atoms. The lowest BCUT2D eigenvalue weighted by Gasteiger charge is -2.22. The van der Waals surface area contributed by atoms with Gasteiger partial charge in [0.05, 0.1) is 11.5 Å². The van der Waals surface area contributed by atoms with E-state index in [1.807, 2.05) is 0 Å². The minimum absolute atomic E-state index is 0.00576. The van der Waals surface area contributed by atoms with Crippen LogP contribution in [0.4, 0.5) is 19.0 Å². The van der Waals surface area contributed by atoms with E-state index >= 15 is 0 Å². The van der Waals surface area contributed by atoms with Gasteiger partial charge in [0.1, 0.15) is 24.4 Å². The average molecular weight is 324 g/mol. The van der Waals surface area contributed by atoms with Gasteiger partial charge >= 0.3 is 12.1 Å². The topological polar surface area (TPSA) is 52.5 Å². The first-order valence-corrected chi connectivity index (χ1v) is 6.94. The van der Waals surface area contributed by atoms with E-state index in [1.165, 1.54) is 0 Å². The van der Waals surface area contributed by atoms with Crippen LogP contribution in [0, 0.1) is 5.92 Å². The van der Waals surface area contributed by atoms with Crippen LogP contribution in [-0.2, 0) is 15.7 Å². The summed E-state index contributed by atoms with van der Waals surface area (Å²) in [6, 6.07) is 0.834. The molecule has 0 amide bonds. The largest absolute Gasteiger partial charge is 0.461 e. The summed E-state index contributed by atoms with van der Waals surface area (Å²) in [5, 5.41) is 2.72. The normalized spacial score (nSPS) is 15.4. The number of halogens is 4. The third-order valence-corrected chi connectivity index (χ3v) is 3.61. The molecule has 21 heavy (non-hydrogen) atoms. The van der Waals surface area contributed by atoms with E-state index in [2.05, 4.69) is 10.3 Å². The Morgan fingerprint density at radius 3 is 2.71 bits per heavy atom. The summed E-state index contributed by atoms with van der Waals surface area (Å²) in [7, 11) is 0. The van der Waals surface area contributed by atoms with Crippen molar-refractivity contribution < 1.29 is 27.7 Å². The summed E-state index contributed by atoms with van der Waals surface area (Å²) in [5.41, 5.74) is -0.852. The number of alkyl halides is 3. The fourth-order valence-corrected chi connectivity index (χ4v) is 2.10. The minimum Gasteiger partial charge on any atom is -0.461 e. The summed E-state index contributed by atoms with van der Waals surface area (Å²) in [4.78, 5) is 13.9. The lowest BCUT2D eigenvalue weighted by molar-refractivity contribution is -0.364. The fraction of sp³-hybridized carbons (Fsp3) is 0.538. The van der Waals surface area contributed by atoms with Crippen LogP contribution < -0.4 is 10.3 Å². The second kappa shape index (κ2) is 6.51. The third-order valence-electron chi connectivity index (χ3n) is 3.31. The Bertz CT molecular complexity index is 519. The van der Waals surface area contributed by atoms with Crippen molar-refractivity contribution in [2.45, 2.75) is 25.4 Å². The molecular formula is C13H15ClF3N2O2+. The van der Waals surface area contributed by atoms with Gasteiger partial charge in [-0.1, -0.05) is 18.0 Å². The molecule has 1 fully saturated rings. The van der Waals surface area contributed by atoms with Gasteiger partial charge in [0.2, 0.25) is 0 Å². The van der Waals surface area contributed by atoms with E-state index in [1.54, 1.807) is 0 Å². The number of aromatic amines is 1. The van der Waals surface area contributed by atoms with Gasteiger partial charge in [0, 0.05) is 0 Å². The van der Waals surface area contributed by atoms with Gasteiger partial charge in [-0.2, -0.15) is 13.2 Å². The van der Waals surface area contributed by atoms with E-state index in [0.717, 1.165) is 31.5 Å². The van der Waals surface area contributed by atoms with E-state index in [0.29, 0.717) is 0 Å². The number of carbonyl (C=O) groups is 1. The molecule has 4 nitrogen and oxygen atoms in total. The maximum atomic E-state index is 12.5. The number of hydrogen-bond donors (Lipinski definition) is 1. The standard InChI is InChI=1S/C13H14ClF3N2O2/c14-10-6-9(13(15,16)17)7-19-11(10)18-4-5-21-12(20)8-2-1-3-8/h6-8H,1-5H2,(H,18,19)/p+1. The Kier molecular flexibility index (Phi) is 4.92. The monoisotopic (exact) mass is 323 g/mol. The summed E-state index contributed by atoms with van der Waals surface area (Å²) in [5.74, 6) is 0.0427. The maximum Gasteiger partial charge on any atom is 0.419 e. The van der Waals surface area contributed by atoms with E-state index in [4.69, 9.17) is 16.3 Å². The highest BCUT2D eigenvalue weighted by molar-refractivity contribution is 6.32. The molecule has 1 aliphatic carbocycles. The molecule has 0 spiro atoms. The molecule has 0 aromatic carbocycles. The van der Waals surface area contributed by atoms with Gasteiger partial charge in [-0.25, -0.2) is 4.98 Å². The average Bonchev–Trinajstić information content (AvgIpc) is 2.32. The zero-order chi connectivity index (χ0) is 15.5. The predicted octanol–water partition coefficient (Wildman–Crippen LogP) is 2.93. The highest BCUT2D eigenvalue weighted by atomic mass is 35.5. The van der Waals surface area contributed by atoms with Crippen LogP contribution in [0.2, 0.25) is 5.02 Å². The molecule has 2 N–H and O–H groups in total. The number of esters is 1. The van der Waals surface area contributed by atoms with Crippen LogP contribution in [0.5, 0.6) is 0 Å². The minimum atomic E-state index is -4.45. The smallest absolute Gasteiger partial charge is 0.419 e. The molecule has 1 aromatic heterocycles. The third kappa shape index (κ3) is 4.23. The molecule has 8 heteroatoms. The molecule has 0 radical (unpaired) electrons. The highest BCUT2D eigenvalue weighted by Gasteiger charge is 2.33. The number of carbonyl (C=O) groups excluding carboxylic acids is 1. The molecule has 1 saturated carbocycles. The Balaban J connectivity index is 1.79. The quantitative estimate of drug-likeness (QED) is 0.669. The first kappa shape index (κ1) is 15.9. The lowest BCUT2D eigenvalue weighted by atomic mass is 9.86. The van der Waals surface area contributed by atoms with Crippen LogP contribution in [-0.4, -0.2) is 19.1 Å². The number of H-pyrrole nitrogens is 1. The van der Waals surface area contributed by atoms with E-state index in [-0.39, 0.29) is 35.9 Å². The second-order valence-corrected chi connectivity index (χ2v) is 5.24. The van der Waals surface area contributed by atoms with Crippen molar-refractivity contribution in [3.63, 3.8) is 0 Å².